The monoisotopic (exact) mass is 291 g/mol. The number of benzene rings is 1. The molecule has 1 aromatic carbocycles. The minimum atomic E-state index is -0.455. The van der Waals surface area contributed by atoms with Crippen LogP contribution in [0.25, 0.3) is 0 Å². The van der Waals surface area contributed by atoms with Gasteiger partial charge < -0.3 is 15.2 Å². The highest BCUT2D eigenvalue weighted by Crippen LogP contribution is 2.25. The van der Waals surface area contributed by atoms with Crippen molar-refractivity contribution in [3.63, 3.8) is 0 Å². The first kappa shape index (κ1) is 16.3. The van der Waals surface area contributed by atoms with Crippen LogP contribution >= 0.6 is 0 Å². The van der Waals surface area contributed by atoms with Gasteiger partial charge in [0.15, 0.2) is 0 Å². The number of hydrogen-bond acceptors (Lipinski definition) is 3. The summed E-state index contributed by atoms with van der Waals surface area (Å²) in [6.07, 6.45) is 4.73. The summed E-state index contributed by atoms with van der Waals surface area (Å²) in [7, 11) is 0. The maximum Gasteiger partial charge on any atom is 0.0945 e. The Morgan fingerprint density at radius 2 is 2.10 bits per heavy atom. The van der Waals surface area contributed by atoms with Crippen molar-refractivity contribution in [2.45, 2.75) is 58.7 Å². The molecular weight excluding hydrogens is 262 g/mol. The van der Waals surface area contributed by atoms with Gasteiger partial charge in [-0.2, -0.15) is 0 Å². The first-order valence-corrected chi connectivity index (χ1v) is 8.15. The number of nitrogens with one attached hydrogen (secondary N) is 1. The summed E-state index contributed by atoms with van der Waals surface area (Å²) in [5.41, 5.74) is 3.61. The zero-order valence-corrected chi connectivity index (χ0v) is 13.6. The molecule has 1 saturated carbocycles. The fourth-order valence-electron chi connectivity index (χ4n) is 2.92. The highest BCUT2D eigenvalue weighted by Gasteiger charge is 2.20. The predicted octanol–water partition coefficient (Wildman–Crippen LogP) is 3.67. The van der Waals surface area contributed by atoms with Crippen molar-refractivity contribution in [1.29, 1.82) is 0 Å². The zero-order chi connectivity index (χ0) is 15.2. The number of aliphatic hydroxyl groups is 1. The first-order valence-electron chi connectivity index (χ1n) is 8.15. The lowest BCUT2D eigenvalue weighted by Gasteiger charge is -2.27. The molecule has 3 heteroatoms. The van der Waals surface area contributed by atoms with Gasteiger partial charge >= 0.3 is 0 Å². The summed E-state index contributed by atoms with van der Waals surface area (Å²) in [6, 6.07) is 6.27. The van der Waals surface area contributed by atoms with E-state index >= 15 is 0 Å². The molecule has 118 valence electrons. The lowest BCUT2D eigenvalue weighted by Crippen LogP contribution is -2.30. The van der Waals surface area contributed by atoms with Crippen molar-refractivity contribution in [1.82, 2.24) is 0 Å². The minimum absolute atomic E-state index is 0.338. The summed E-state index contributed by atoms with van der Waals surface area (Å²) in [4.78, 5) is 0. The van der Waals surface area contributed by atoms with Crippen LogP contribution in [0.2, 0.25) is 0 Å². The molecule has 3 atom stereocenters. The van der Waals surface area contributed by atoms with Gasteiger partial charge in [0, 0.05) is 12.2 Å². The highest BCUT2D eigenvalue weighted by molar-refractivity contribution is 5.48. The number of aryl methyl sites for hydroxylation is 2. The predicted molar refractivity (Wildman–Crippen MR) is 87.8 cm³/mol. The largest absolute Gasteiger partial charge is 0.389 e. The van der Waals surface area contributed by atoms with E-state index < -0.39 is 6.10 Å². The van der Waals surface area contributed by atoms with Gasteiger partial charge in [-0.1, -0.05) is 25.8 Å². The maximum atomic E-state index is 10.0. The van der Waals surface area contributed by atoms with E-state index in [0.717, 1.165) is 24.4 Å². The molecule has 1 aromatic rings. The summed E-state index contributed by atoms with van der Waals surface area (Å²) in [5.74, 6) is 0.759. The van der Waals surface area contributed by atoms with Crippen LogP contribution in [0, 0.1) is 19.8 Å². The van der Waals surface area contributed by atoms with Crippen LogP contribution in [0.15, 0.2) is 18.2 Å². The summed E-state index contributed by atoms with van der Waals surface area (Å²) >= 11 is 0. The third-order valence-electron chi connectivity index (χ3n) is 4.46. The van der Waals surface area contributed by atoms with Gasteiger partial charge in [0.05, 0.1) is 18.8 Å². The van der Waals surface area contributed by atoms with Crippen molar-refractivity contribution < 1.29 is 9.84 Å². The lowest BCUT2D eigenvalue weighted by atomic mass is 9.89. The Morgan fingerprint density at radius 3 is 2.81 bits per heavy atom. The second kappa shape index (κ2) is 7.81. The SMILES string of the molecule is Cc1ccc(NCC(O)COC2CCCC(C)C2)cc1C. The van der Waals surface area contributed by atoms with Gasteiger partial charge in [-0.3, -0.25) is 0 Å². The number of rotatable bonds is 6. The van der Waals surface area contributed by atoms with Crippen molar-refractivity contribution in [3.8, 4) is 0 Å². The number of aliphatic hydroxyl groups excluding tert-OH is 1. The van der Waals surface area contributed by atoms with Crippen molar-refractivity contribution in [3.05, 3.63) is 29.3 Å². The third kappa shape index (κ3) is 5.33. The summed E-state index contributed by atoms with van der Waals surface area (Å²) in [6.45, 7) is 7.45. The zero-order valence-electron chi connectivity index (χ0n) is 13.6. The fraction of sp³-hybridized carbons (Fsp3) is 0.667. The molecule has 1 aliphatic carbocycles. The van der Waals surface area contributed by atoms with Crippen molar-refractivity contribution >= 4 is 5.69 Å². The Balaban J connectivity index is 1.69. The molecule has 0 amide bonds. The normalized spacial score (nSPS) is 23.8. The number of hydrogen-bond donors (Lipinski definition) is 2. The van der Waals surface area contributed by atoms with E-state index in [9.17, 15) is 5.11 Å². The number of ether oxygens (including phenoxy) is 1. The molecule has 0 aromatic heterocycles. The van der Waals surface area contributed by atoms with Crippen LogP contribution in [0.4, 0.5) is 5.69 Å². The molecule has 0 heterocycles. The van der Waals surface area contributed by atoms with Crippen molar-refractivity contribution in [2.75, 3.05) is 18.5 Å². The van der Waals surface area contributed by atoms with Gasteiger partial charge in [0.25, 0.3) is 0 Å². The highest BCUT2D eigenvalue weighted by atomic mass is 16.5. The molecule has 2 N–H and O–H groups in total. The number of anilines is 1. The smallest absolute Gasteiger partial charge is 0.0945 e. The molecule has 1 aliphatic rings. The Labute approximate surface area is 128 Å². The van der Waals surface area contributed by atoms with Crippen molar-refractivity contribution in [2.24, 2.45) is 5.92 Å². The first-order chi connectivity index (χ1) is 10.0. The second-order valence-corrected chi connectivity index (χ2v) is 6.56. The van der Waals surface area contributed by atoms with Crippen LogP contribution in [-0.2, 0) is 4.74 Å². The standard InChI is InChI=1S/C18H29NO2/c1-13-5-4-6-18(9-13)21-12-17(20)11-19-16-8-7-14(2)15(3)10-16/h7-8,10,13,17-20H,4-6,9,11-12H2,1-3H3. The van der Waals surface area contributed by atoms with E-state index in [2.05, 4.69) is 44.3 Å². The van der Waals surface area contributed by atoms with Crippen LogP contribution in [0.1, 0.15) is 43.7 Å². The Bertz CT molecular complexity index is 447. The Morgan fingerprint density at radius 1 is 1.29 bits per heavy atom. The maximum absolute atomic E-state index is 10.0. The van der Waals surface area contributed by atoms with Crippen LogP contribution in [0.5, 0.6) is 0 Å². The van der Waals surface area contributed by atoms with E-state index in [1.165, 1.54) is 24.0 Å². The second-order valence-electron chi connectivity index (χ2n) is 6.56. The average molecular weight is 291 g/mol. The molecule has 1 fully saturated rings. The Hall–Kier alpha value is -1.06. The molecule has 3 nitrogen and oxygen atoms in total. The molecule has 0 bridgehead atoms. The molecule has 21 heavy (non-hydrogen) atoms. The van der Waals surface area contributed by atoms with E-state index in [1.807, 2.05) is 0 Å². The molecule has 0 spiro atoms. The summed E-state index contributed by atoms with van der Waals surface area (Å²) < 4.78 is 5.86. The molecular formula is C18H29NO2. The minimum Gasteiger partial charge on any atom is -0.389 e. The van der Waals surface area contributed by atoms with Crippen LogP contribution in [0.3, 0.4) is 0 Å². The fourth-order valence-corrected chi connectivity index (χ4v) is 2.92. The van der Waals surface area contributed by atoms with Crippen LogP contribution < -0.4 is 5.32 Å². The van der Waals surface area contributed by atoms with E-state index in [0.29, 0.717) is 19.3 Å². The molecule has 2 rings (SSSR count). The molecule has 0 saturated heterocycles. The van der Waals surface area contributed by atoms with Gasteiger partial charge in [0.2, 0.25) is 0 Å². The van der Waals surface area contributed by atoms with E-state index in [1.54, 1.807) is 0 Å². The van der Waals surface area contributed by atoms with Gasteiger partial charge in [0.1, 0.15) is 0 Å². The summed E-state index contributed by atoms with van der Waals surface area (Å²) in [5, 5.41) is 13.3. The van der Waals surface area contributed by atoms with Crippen LogP contribution in [-0.4, -0.2) is 30.5 Å². The van der Waals surface area contributed by atoms with Gasteiger partial charge in [-0.05, 0) is 55.9 Å². The average Bonchev–Trinajstić information content (AvgIpc) is 2.46. The molecule has 3 unspecified atom stereocenters. The topological polar surface area (TPSA) is 41.5 Å². The molecule has 0 radical (unpaired) electrons. The van der Waals surface area contributed by atoms with E-state index in [-0.39, 0.29) is 0 Å². The quantitative estimate of drug-likeness (QED) is 0.840. The van der Waals surface area contributed by atoms with Gasteiger partial charge in [-0.25, -0.2) is 0 Å². The van der Waals surface area contributed by atoms with Gasteiger partial charge in [-0.15, -0.1) is 0 Å². The lowest BCUT2D eigenvalue weighted by molar-refractivity contribution is -0.0274. The van der Waals surface area contributed by atoms with E-state index in [4.69, 9.17) is 4.74 Å². The third-order valence-corrected chi connectivity index (χ3v) is 4.46. The molecule has 0 aliphatic heterocycles. The Kier molecular flexibility index (Phi) is 6.07.